The molecule has 1 amide bonds. The molecule has 0 saturated heterocycles. The van der Waals surface area contributed by atoms with Crippen LogP contribution in [0.3, 0.4) is 0 Å². The molecule has 2 aromatic carbocycles. The average molecular weight is 416 g/mol. The van der Waals surface area contributed by atoms with Crippen molar-refractivity contribution in [3.05, 3.63) is 94.8 Å². The lowest BCUT2D eigenvalue weighted by molar-refractivity contribution is -0.125. The Morgan fingerprint density at radius 3 is 2.84 bits per heavy atom. The summed E-state index contributed by atoms with van der Waals surface area (Å²) in [6.07, 6.45) is 2.35. The Morgan fingerprint density at radius 2 is 2.03 bits per heavy atom. The highest BCUT2D eigenvalue weighted by molar-refractivity contribution is 5.87. The lowest BCUT2D eigenvalue weighted by Gasteiger charge is -2.23. The number of hydrogen-bond acceptors (Lipinski definition) is 2. The van der Waals surface area contributed by atoms with Gasteiger partial charge < -0.3 is 14.3 Å². The molecule has 31 heavy (non-hydrogen) atoms. The number of nitrogens with one attached hydrogen (secondary N) is 1. The van der Waals surface area contributed by atoms with Gasteiger partial charge >= 0.3 is 0 Å². The Kier molecular flexibility index (Phi) is 5.10. The number of aryl methyl sites for hydroxylation is 1. The maximum atomic E-state index is 13.7. The number of fused-ring (bicyclic) bond motifs is 3. The van der Waals surface area contributed by atoms with Crippen molar-refractivity contribution in [1.29, 1.82) is 0 Å². The van der Waals surface area contributed by atoms with Crippen LogP contribution in [0.25, 0.3) is 10.9 Å². The van der Waals surface area contributed by atoms with E-state index in [0.717, 1.165) is 41.9 Å². The molecule has 0 spiro atoms. The van der Waals surface area contributed by atoms with E-state index in [1.54, 1.807) is 12.1 Å². The highest BCUT2D eigenvalue weighted by Gasteiger charge is 2.29. The monoisotopic (exact) mass is 416 g/mol. The third-order valence-corrected chi connectivity index (χ3v) is 6.21. The van der Waals surface area contributed by atoms with Crippen LogP contribution in [0.1, 0.15) is 34.8 Å². The van der Waals surface area contributed by atoms with E-state index in [9.17, 15) is 9.18 Å². The summed E-state index contributed by atoms with van der Waals surface area (Å²) in [6.45, 7) is 2.94. The second kappa shape index (κ2) is 8.06. The quantitative estimate of drug-likeness (QED) is 0.489. The molecule has 1 aliphatic rings. The van der Waals surface area contributed by atoms with E-state index in [4.69, 9.17) is 4.42 Å². The molecule has 158 valence electrons. The number of furan rings is 1. The van der Waals surface area contributed by atoms with Crippen molar-refractivity contribution in [2.24, 2.45) is 5.92 Å². The molecule has 1 atom stereocenters. The molecule has 0 fully saturated rings. The molecule has 2 aromatic heterocycles. The fourth-order valence-corrected chi connectivity index (χ4v) is 4.72. The summed E-state index contributed by atoms with van der Waals surface area (Å²) in [5, 5.41) is 4.22. The summed E-state index contributed by atoms with van der Waals surface area (Å²) in [6, 6.07) is 18.9. The number of para-hydroxylation sites is 1. The summed E-state index contributed by atoms with van der Waals surface area (Å²) >= 11 is 0. The van der Waals surface area contributed by atoms with Gasteiger partial charge in [0, 0.05) is 29.1 Å². The van der Waals surface area contributed by atoms with Crippen molar-refractivity contribution in [3.8, 4) is 0 Å². The van der Waals surface area contributed by atoms with Gasteiger partial charge in [0.05, 0.1) is 6.54 Å². The van der Waals surface area contributed by atoms with Crippen molar-refractivity contribution in [2.75, 3.05) is 0 Å². The first-order chi connectivity index (χ1) is 15.1. The Bertz CT molecular complexity index is 1250. The van der Waals surface area contributed by atoms with Crippen LogP contribution in [0.5, 0.6) is 0 Å². The van der Waals surface area contributed by atoms with Crippen molar-refractivity contribution >= 4 is 16.8 Å². The minimum Gasteiger partial charge on any atom is -0.465 e. The van der Waals surface area contributed by atoms with Crippen LogP contribution in [0.2, 0.25) is 0 Å². The van der Waals surface area contributed by atoms with E-state index >= 15 is 0 Å². The topological polar surface area (TPSA) is 47.2 Å². The third-order valence-electron chi connectivity index (χ3n) is 6.21. The van der Waals surface area contributed by atoms with Gasteiger partial charge in [0.25, 0.3) is 0 Å². The number of carbonyl (C=O) groups is 1. The van der Waals surface area contributed by atoms with Crippen LogP contribution in [0.4, 0.5) is 4.39 Å². The first kappa shape index (κ1) is 19.6. The second-order valence-electron chi connectivity index (χ2n) is 8.33. The summed E-state index contributed by atoms with van der Waals surface area (Å²) in [4.78, 5) is 12.9. The van der Waals surface area contributed by atoms with Gasteiger partial charge in [-0.25, -0.2) is 4.39 Å². The van der Waals surface area contributed by atoms with Crippen LogP contribution in [0, 0.1) is 18.7 Å². The van der Waals surface area contributed by atoms with Crippen molar-refractivity contribution in [3.63, 3.8) is 0 Å². The Balaban J connectivity index is 1.40. The van der Waals surface area contributed by atoms with Crippen LogP contribution in [0.15, 0.2) is 65.1 Å². The predicted molar refractivity (Wildman–Crippen MR) is 118 cm³/mol. The largest absolute Gasteiger partial charge is 0.465 e. The highest BCUT2D eigenvalue weighted by Crippen LogP contribution is 2.35. The molecule has 0 radical (unpaired) electrons. The van der Waals surface area contributed by atoms with Gasteiger partial charge in [-0.2, -0.15) is 0 Å². The maximum Gasteiger partial charge on any atom is 0.223 e. The van der Waals surface area contributed by atoms with Gasteiger partial charge in [-0.05, 0) is 67.6 Å². The van der Waals surface area contributed by atoms with E-state index < -0.39 is 0 Å². The predicted octanol–water partition coefficient (Wildman–Crippen LogP) is 5.15. The number of nitrogens with zero attached hydrogens (tertiary/aromatic N) is 1. The molecule has 0 saturated carbocycles. The number of rotatable bonds is 5. The molecule has 0 aliphatic heterocycles. The smallest absolute Gasteiger partial charge is 0.223 e. The minimum atomic E-state index is -0.216. The molecule has 5 heteroatoms. The number of carbonyl (C=O) groups excluding carboxylic acids is 1. The summed E-state index contributed by atoms with van der Waals surface area (Å²) in [5.74, 6) is 1.41. The van der Waals surface area contributed by atoms with E-state index in [0.29, 0.717) is 13.1 Å². The zero-order valence-corrected chi connectivity index (χ0v) is 17.5. The van der Waals surface area contributed by atoms with Gasteiger partial charge in [-0.3, -0.25) is 4.79 Å². The Hall–Kier alpha value is -3.34. The van der Waals surface area contributed by atoms with Gasteiger partial charge in [-0.1, -0.05) is 30.3 Å². The number of amides is 1. The number of halogens is 1. The fourth-order valence-electron chi connectivity index (χ4n) is 4.72. The standard InChI is InChI=1S/C26H25FN2O2/c1-17-9-11-21(31-17)15-28-26(30)19-10-12-25-23(14-19)22-7-2-3-8-24(22)29(25)16-18-5-4-6-20(27)13-18/h2-9,11,13,19H,10,12,14-16H2,1H3,(H,28,30). The zero-order chi connectivity index (χ0) is 21.4. The van der Waals surface area contributed by atoms with E-state index in [-0.39, 0.29) is 17.6 Å². The van der Waals surface area contributed by atoms with Crippen molar-refractivity contribution < 1.29 is 13.6 Å². The van der Waals surface area contributed by atoms with E-state index in [1.807, 2.05) is 37.3 Å². The van der Waals surface area contributed by atoms with Crippen molar-refractivity contribution in [2.45, 2.75) is 39.3 Å². The maximum absolute atomic E-state index is 13.7. The van der Waals surface area contributed by atoms with E-state index in [2.05, 4.69) is 22.0 Å². The van der Waals surface area contributed by atoms with Crippen LogP contribution >= 0.6 is 0 Å². The molecule has 0 bridgehead atoms. The molecule has 1 unspecified atom stereocenters. The number of aromatic nitrogens is 1. The van der Waals surface area contributed by atoms with Gasteiger partial charge in [0.15, 0.2) is 0 Å². The summed E-state index contributed by atoms with van der Waals surface area (Å²) in [7, 11) is 0. The number of hydrogen-bond donors (Lipinski definition) is 1. The molecule has 4 nitrogen and oxygen atoms in total. The SMILES string of the molecule is Cc1ccc(CNC(=O)C2CCc3c(c4ccccc4n3Cc3cccc(F)c3)C2)o1. The van der Waals surface area contributed by atoms with Crippen LogP contribution < -0.4 is 5.32 Å². The molecular formula is C26H25FN2O2. The first-order valence-corrected chi connectivity index (χ1v) is 10.7. The molecule has 5 rings (SSSR count). The Labute approximate surface area is 180 Å². The van der Waals surface area contributed by atoms with E-state index in [1.165, 1.54) is 22.7 Å². The van der Waals surface area contributed by atoms with Crippen molar-refractivity contribution in [1.82, 2.24) is 9.88 Å². The average Bonchev–Trinajstić information content (AvgIpc) is 3.33. The lowest BCUT2D eigenvalue weighted by Crippen LogP contribution is -2.33. The van der Waals surface area contributed by atoms with Gasteiger partial charge in [-0.15, -0.1) is 0 Å². The van der Waals surface area contributed by atoms with Gasteiger partial charge in [0.1, 0.15) is 17.3 Å². The second-order valence-corrected chi connectivity index (χ2v) is 8.33. The molecule has 1 N–H and O–H groups in total. The van der Waals surface area contributed by atoms with Gasteiger partial charge in [0.2, 0.25) is 5.91 Å². The fraction of sp³-hybridized carbons (Fsp3) is 0.269. The minimum absolute atomic E-state index is 0.0583. The van der Waals surface area contributed by atoms with Crippen LogP contribution in [-0.2, 0) is 30.7 Å². The lowest BCUT2D eigenvalue weighted by atomic mass is 9.85. The summed E-state index contributed by atoms with van der Waals surface area (Å²) < 4.78 is 21.6. The summed E-state index contributed by atoms with van der Waals surface area (Å²) in [5.41, 5.74) is 4.59. The van der Waals surface area contributed by atoms with Crippen LogP contribution in [-0.4, -0.2) is 10.5 Å². The normalized spacial score (nSPS) is 15.7. The first-order valence-electron chi connectivity index (χ1n) is 10.7. The molecular weight excluding hydrogens is 391 g/mol. The highest BCUT2D eigenvalue weighted by atomic mass is 19.1. The molecule has 1 aliphatic carbocycles. The Morgan fingerprint density at radius 1 is 1.16 bits per heavy atom. The third kappa shape index (κ3) is 3.88. The molecule has 2 heterocycles. The molecule has 4 aromatic rings. The zero-order valence-electron chi connectivity index (χ0n) is 17.5. The number of benzene rings is 2.